The monoisotopic (exact) mass is 187 g/mol. The summed E-state index contributed by atoms with van der Waals surface area (Å²) in [5.74, 6) is 0. The second kappa shape index (κ2) is 2.36. The van der Waals surface area contributed by atoms with E-state index >= 15 is 0 Å². The predicted molar refractivity (Wildman–Crippen MR) is 43.0 cm³/mol. The van der Waals surface area contributed by atoms with Gasteiger partial charge in [-0.05, 0) is 0 Å². The van der Waals surface area contributed by atoms with Crippen molar-refractivity contribution < 1.29 is 0 Å². The number of hydrogen-bond donors (Lipinski definition) is 0. The minimum absolute atomic E-state index is 0.378. The first-order valence-electron chi connectivity index (χ1n) is 2.91. The van der Waals surface area contributed by atoms with Gasteiger partial charge in [0.1, 0.15) is 16.6 Å². The molecule has 0 radical (unpaired) electrons. The van der Waals surface area contributed by atoms with Gasteiger partial charge in [-0.3, -0.25) is 4.40 Å². The largest absolute Gasteiger partial charge is 0.273 e. The van der Waals surface area contributed by atoms with E-state index in [1.165, 1.54) is 0 Å². The summed E-state index contributed by atoms with van der Waals surface area (Å²) in [5, 5.41) is 0.889. The van der Waals surface area contributed by atoms with Crippen LogP contribution in [0.2, 0.25) is 10.3 Å². The van der Waals surface area contributed by atoms with E-state index in [1.807, 2.05) is 0 Å². The molecule has 0 aliphatic heterocycles. The van der Waals surface area contributed by atoms with Crippen LogP contribution in [0, 0.1) is 0 Å². The Labute approximate surface area is 72.6 Å². The third-order valence-electron chi connectivity index (χ3n) is 1.31. The smallest absolute Gasteiger partial charge is 0.159 e. The van der Waals surface area contributed by atoms with Crippen LogP contribution in [0.5, 0.6) is 0 Å². The molecule has 3 nitrogen and oxygen atoms in total. The van der Waals surface area contributed by atoms with Crippen LogP contribution in [0.4, 0.5) is 0 Å². The maximum atomic E-state index is 5.80. The van der Waals surface area contributed by atoms with E-state index in [0.717, 1.165) is 0 Å². The number of hydrogen-bond acceptors (Lipinski definition) is 2. The third-order valence-corrected chi connectivity index (χ3v) is 1.79. The van der Waals surface area contributed by atoms with Gasteiger partial charge >= 0.3 is 0 Å². The summed E-state index contributed by atoms with van der Waals surface area (Å²) in [7, 11) is 0. The van der Waals surface area contributed by atoms with Crippen LogP contribution in [-0.2, 0) is 0 Å². The average molecular weight is 188 g/mol. The first-order chi connectivity index (χ1) is 5.27. The van der Waals surface area contributed by atoms with Crippen molar-refractivity contribution in [1.29, 1.82) is 0 Å². The lowest BCUT2D eigenvalue weighted by Crippen LogP contribution is -1.87. The summed E-state index contributed by atoms with van der Waals surface area (Å²) in [6, 6.07) is 1.57. The van der Waals surface area contributed by atoms with Gasteiger partial charge in [0, 0.05) is 6.07 Å². The number of halogens is 2. The highest BCUT2D eigenvalue weighted by Crippen LogP contribution is 2.15. The van der Waals surface area contributed by atoms with Crippen LogP contribution in [0.15, 0.2) is 18.6 Å². The Morgan fingerprint density at radius 3 is 3.00 bits per heavy atom. The van der Waals surface area contributed by atoms with Crippen molar-refractivity contribution in [1.82, 2.24) is 14.4 Å². The fourth-order valence-electron chi connectivity index (χ4n) is 0.845. The van der Waals surface area contributed by atoms with Gasteiger partial charge in [-0.2, -0.15) is 0 Å². The van der Waals surface area contributed by atoms with E-state index in [4.69, 9.17) is 23.2 Å². The Morgan fingerprint density at radius 2 is 2.18 bits per heavy atom. The molecule has 5 heteroatoms. The molecule has 0 aliphatic rings. The summed E-state index contributed by atoms with van der Waals surface area (Å²) in [6.45, 7) is 0. The molecule has 0 saturated heterocycles. The lowest BCUT2D eigenvalue weighted by atomic mass is 10.6. The third kappa shape index (κ3) is 1.06. The number of aromatic nitrogens is 3. The van der Waals surface area contributed by atoms with E-state index < -0.39 is 0 Å². The zero-order valence-corrected chi connectivity index (χ0v) is 6.84. The van der Waals surface area contributed by atoms with E-state index in [2.05, 4.69) is 9.97 Å². The average Bonchev–Trinajstić information content (AvgIpc) is 2.34. The van der Waals surface area contributed by atoms with Gasteiger partial charge in [-0.15, -0.1) is 0 Å². The Hall–Kier alpha value is -0.800. The van der Waals surface area contributed by atoms with Crippen LogP contribution >= 0.6 is 23.2 Å². The first kappa shape index (κ1) is 6.88. The summed E-state index contributed by atoms with van der Waals surface area (Å²) in [6.07, 6.45) is 3.18. The molecule has 0 atom stereocenters. The second-order valence-electron chi connectivity index (χ2n) is 2.02. The molecule has 2 aromatic heterocycles. The summed E-state index contributed by atoms with van der Waals surface area (Å²) in [4.78, 5) is 7.84. The molecule has 0 bridgehead atoms. The SMILES string of the molecule is Clc1cc(Cl)n2cncc2n1. The van der Waals surface area contributed by atoms with Crippen molar-refractivity contribution in [2.75, 3.05) is 0 Å². The highest BCUT2D eigenvalue weighted by Gasteiger charge is 2.00. The lowest BCUT2D eigenvalue weighted by molar-refractivity contribution is 1.11. The topological polar surface area (TPSA) is 30.2 Å². The molecule has 56 valence electrons. The van der Waals surface area contributed by atoms with Crippen molar-refractivity contribution in [3.05, 3.63) is 28.9 Å². The zero-order chi connectivity index (χ0) is 7.84. The number of fused-ring (bicyclic) bond motifs is 1. The lowest BCUT2D eigenvalue weighted by Gasteiger charge is -1.95. The predicted octanol–water partition coefficient (Wildman–Crippen LogP) is 2.04. The molecule has 0 N–H and O–H groups in total. The Balaban J connectivity index is 2.91. The fraction of sp³-hybridized carbons (Fsp3) is 0. The first-order valence-corrected chi connectivity index (χ1v) is 3.67. The zero-order valence-electron chi connectivity index (χ0n) is 5.33. The maximum Gasteiger partial charge on any atom is 0.159 e. The van der Waals surface area contributed by atoms with Crippen LogP contribution < -0.4 is 0 Å². The van der Waals surface area contributed by atoms with Gasteiger partial charge in [-0.25, -0.2) is 9.97 Å². The molecule has 0 unspecified atom stereocenters. The number of rotatable bonds is 0. The van der Waals surface area contributed by atoms with E-state index in [9.17, 15) is 0 Å². The van der Waals surface area contributed by atoms with Crippen LogP contribution in [-0.4, -0.2) is 14.4 Å². The molecule has 0 spiro atoms. The molecule has 0 fully saturated rings. The quantitative estimate of drug-likeness (QED) is 0.592. The minimum atomic E-state index is 0.378. The number of nitrogens with zero attached hydrogens (tertiary/aromatic N) is 3. The Bertz CT molecular complexity index is 396. The highest BCUT2D eigenvalue weighted by atomic mass is 35.5. The summed E-state index contributed by atoms with van der Waals surface area (Å²) < 4.78 is 1.65. The van der Waals surface area contributed by atoms with E-state index in [-0.39, 0.29) is 0 Å². The van der Waals surface area contributed by atoms with Gasteiger partial charge in [0.2, 0.25) is 0 Å². The molecule has 2 rings (SSSR count). The highest BCUT2D eigenvalue weighted by molar-refractivity contribution is 6.33. The van der Waals surface area contributed by atoms with Crippen molar-refractivity contribution in [3.63, 3.8) is 0 Å². The molecular formula is C6H3Cl2N3. The van der Waals surface area contributed by atoms with Gasteiger partial charge in [0.15, 0.2) is 5.65 Å². The molecular weight excluding hydrogens is 185 g/mol. The van der Waals surface area contributed by atoms with Crippen molar-refractivity contribution in [2.24, 2.45) is 0 Å². The van der Waals surface area contributed by atoms with Gasteiger partial charge in [0.05, 0.1) is 6.20 Å². The van der Waals surface area contributed by atoms with Gasteiger partial charge < -0.3 is 0 Å². The Kier molecular flexibility index (Phi) is 1.47. The van der Waals surface area contributed by atoms with E-state index in [1.54, 1.807) is 23.0 Å². The second-order valence-corrected chi connectivity index (χ2v) is 2.80. The molecule has 2 heterocycles. The van der Waals surface area contributed by atoms with E-state index in [0.29, 0.717) is 16.0 Å². The van der Waals surface area contributed by atoms with Crippen molar-refractivity contribution >= 4 is 28.8 Å². The van der Waals surface area contributed by atoms with Crippen LogP contribution in [0.1, 0.15) is 0 Å². The molecule has 0 amide bonds. The Morgan fingerprint density at radius 1 is 1.36 bits per heavy atom. The van der Waals surface area contributed by atoms with Crippen LogP contribution in [0.25, 0.3) is 5.65 Å². The number of imidazole rings is 1. The molecule has 0 saturated carbocycles. The van der Waals surface area contributed by atoms with Crippen molar-refractivity contribution in [2.45, 2.75) is 0 Å². The minimum Gasteiger partial charge on any atom is -0.273 e. The van der Waals surface area contributed by atoms with Gasteiger partial charge in [0.25, 0.3) is 0 Å². The fourth-order valence-corrected chi connectivity index (χ4v) is 1.32. The van der Waals surface area contributed by atoms with Crippen molar-refractivity contribution in [3.8, 4) is 0 Å². The molecule has 0 aliphatic carbocycles. The standard InChI is InChI=1S/C6H3Cl2N3/c7-4-1-5(8)11-3-9-2-6(11)10-4/h1-3H. The van der Waals surface area contributed by atoms with Gasteiger partial charge in [-0.1, -0.05) is 23.2 Å². The maximum absolute atomic E-state index is 5.80. The molecule has 0 aromatic carbocycles. The van der Waals surface area contributed by atoms with Crippen LogP contribution in [0.3, 0.4) is 0 Å². The molecule has 2 aromatic rings. The molecule has 11 heavy (non-hydrogen) atoms. The summed E-state index contributed by atoms with van der Waals surface area (Å²) in [5.41, 5.74) is 0.655. The summed E-state index contributed by atoms with van der Waals surface area (Å²) >= 11 is 11.4. The normalized spacial score (nSPS) is 10.7.